The Kier molecular flexibility index (Phi) is 5.03. The largest absolute Gasteiger partial charge is 0.396 e. The van der Waals surface area contributed by atoms with Crippen LogP contribution in [-0.2, 0) is 26.3 Å². The molecule has 21 heavy (non-hydrogen) atoms. The number of benzene rings is 1. The maximum atomic E-state index is 12.1. The third kappa shape index (κ3) is 4.50. The molecule has 0 radical (unpaired) electrons. The molecule has 0 spiro atoms. The van der Waals surface area contributed by atoms with Crippen LogP contribution in [0, 0.1) is 5.92 Å². The molecule has 2 rings (SSSR count). The molecule has 1 aliphatic rings. The number of sulfonamides is 1. The summed E-state index contributed by atoms with van der Waals surface area (Å²) in [6.07, 6.45) is 0.980. The summed E-state index contributed by atoms with van der Waals surface area (Å²) < 4.78 is 49.4. The summed E-state index contributed by atoms with van der Waals surface area (Å²) in [6.45, 7) is 0.153. The third-order valence-corrected chi connectivity index (χ3v) is 6.80. The summed E-state index contributed by atoms with van der Waals surface area (Å²) in [4.78, 5) is 0.144. The van der Waals surface area contributed by atoms with Crippen LogP contribution in [0.1, 0.15) is 12.0 Å². The van der Waals surface area contributed by atoms with Crippen molar-refractivity contribution in [2.75, 3.05) is 24.7 Å². The van der Waals surface area contributed by atoms with Gasteiger partial charge >= 0.3 is 0 Å². The van der Waals surface area contributed by atoms with Crippen LogP contribution in [0.5, 0.6) is 0 Å². The van der Waals surface area contributed by atoms with Gasteiger partial charge in [-0.1, -0.05) is 12.1 Å². The number of nitrogens with one attached hydrogen (secondary N) is 1. The second kappa shape index (κ2) is 6.43. The van der Waals surface area contributed by atoms with Crippen molar-refractivity contribution in [2.45, 2.75) is 17.7 Å². The second-order valence-electron chi connectivity index (χ2n) is 5.24. The van der Waals surface area contributed by atoms with E-state index in [9.17, 15) is 16.8 Å². The van der Waals surface area contributed by atoms with Gasteiger partial charge in [-0.05, 0) is 36.5 Å². The zero-order chi connectivity index (χ0) is 15.5. The Balaban J connectivity index is 1.98. The summed E-state index contributed by atoms with van der Waals surface area (Å²) in [5.41, 5.74) is 0.860. The van der Waals surface area contributed by atoms with Crippen LogP contribution >= 0.6 is 0 Å². The Morgan fingerprint density at radius 2 is 1.90 bits per heavy atom. The fourth-order valence-corrected chi connectivity index (χ4v) is 5.29. The monoisotopic (exact) mass is 333 g/mol. The van der Waals surface area contributed by atoms with Gasteiger partial charge in [0.05, 0.1) is 16.4 Å². The fraction of sp³-hybridized carbons (Fsp3) is 0.538. The van der Waals surface area contributed by atoms with E-state index in [0.717, 1.165) is 5.56 Å². The Bertz CT molecular complexity index is 680. The van der Waals surface area contributed by atoms with Gasteiger partial charge < -0.3 is 5.11 Å². The molecule has 0 saturated carbocycles. The van der Waals surface area contributed by atoms with Crippen LogP contribution in [0.2, 0.25) is 0 Å². The Morgan fingerprint density at radius 1 is 1.24 bits per heavy atom. The van der Waals surface area contributed by atoms with Crippen molar-refractivity contribution in [3.8, 4) is 0 Å². The quantitative estimate of drug-likeness (QED) is 0.759. The Morgan fingerprint density at radius 3 is 2.43 bits per heavy atom. The van der Waals surface area contributed by atoms with Gasteiger partial charge in [0.15, 0.2) is 9.84 Å². The van der Waals surface area contributed by atoms with Crippen LogP contribution in [0.15, 0.2) is 29.2 Å². The lowest BCUT2D eigenvalue weighted by Crippen LogP contribution is -2.30. The molecule has 118 valence electrons. The van der Waals surface area contributed by atoms with Crippen molar-refractivity contribution in [3.05, 3.63) is 29.8 Å². The molecule has 1 aliphatic heterocycles. The molecule has 1 saturated heterocycles. The minimum Gasteiger partial charge on any atom is -0.396 e. The van der Waals surface area contributed by atoms with Crippen molar-refractivity contribution in [3.63, 3.8) is 0 Å². The predicted octanol–water partition coefficient (Wildman–Crippen LogP) is -0.0656. The number of rotatable bonds is 6. The van der Waals surface area contributed by atoms with Crippen molar-refractivity contribution in [1.82, 2.24) is 4.72 Å². The summed E-state index contributed by atoms with van der Waals surface area (Å²) >= 11 is 0. The van der Waals surface area contributed by atoms with E-state index in [-0.39, 0.29) is 35.5 Å². The first-order valence-electron chi connectivity index (χ1n) is 6.72. The van der Waals surface area contributed by atoms with Crippen LogP contribution in [0.25, 0.3) is 0 Å². The van der Waals surface area contributed by atoms with Gasteiger partial charge in [-0.25, -0.2) is 21.6 Å². The van der Waals surface area contributed by atoms with Crippen LogP contribution in [0.3, 0.4) is 0 Å². The van der Waals surface area contributed by atoms with E-state index in [1.807, 2.05) is 0 Å². The first-order valence-corrected chi connectivity index (χ1v) is 10.0. The fourth-order valence-electron chi connectivity index (χ4n) is 2.31. The maximum Gasteiger partial charge on any atom is 0.240 e. The molecule has 1 heterocycles. The summed E-state index contributed by atoms with van der Waals surface area (Å²) in [6, 6.07) is 6.28. The highest BCUT2D eigenvalue weighted by molar-refractivity contribution is 7.91. The molecule has 1 unspecified atom stereocenters. The maximum absolute atomic E-state index is 12.1. The highest BCUT2D eigenvalue weighted by atomic mass is 32.2. The van der Waals surface area contributed by atoms with Gasteiger partial charge in [0.2, 0.25) is 10.0 Å². The lowest BCUT2D eigenvalue weighted by Gasteiger charge is -2.10. The number of hydrogen-bond donors (Lipinski definition) is 2. The first-order chi connectivity index (χ1) is 9.82. The zero-order valence-electron chi connectivity index (χ0n) is 11.5. The highest BCUT2D eigenvalue weighted by Crippen LogP contribution is 2.18. The number of aliphatic hydroxyl groups is 1. The molecule has 2 N–H and O–H groups in total. The molecule has 0 aromatic heterocycles. The summed E-state index contributed by atoms with van der Waals surface area (Å²) in [7, 11) is -6.62. The molecule has 1 atom stereocenters. The first kappa shape index (κ1) is 16.4. The zero-order valence-corrected chi connectivity index (χ0v) is 13.2. The van der Waals surface area contributed by atoms with Crippen LogP contribution < -0.4 is 4.72 Å². The van der Waals surface area contributed by atoms with E-state index in [2.05, 4.69) is 4.72 Å². The van der Waals surface area contributed by atoms with Crippen LogP contribution in [0.4, 0.5) is 0 Å². The van der Waals surface area contributed by atoms with Crippen molar-refractivity contribution in [1.29, 1.82) is 0 Å². The van der Waals surface area contributed by atoms with Gasteiger partial charge in [-0.3, -0.25) is 0 Å². The molecule has 1 fully saturated rings. The van der Waals surface area contributed by atoms with Gasteiger partial charge in [0.25, 0.3) is 0 Å². The minimum atomic E-state index is -3.62. The van der Waals surface area contributed by atoms with E-state index < -0.39 is 19.9 Å². The standard InChI is InChI=1S/C13H19NO5S2/c15-7-5-11-1-3-13(4-2-11)21(18,19)14-9-12-6-8-20(16,17)10-12/h1-4,12,14-15H,5-10H2. The molecule has 1 aromatic rings. The number of aliphatic hydroxyl groups excluding tert-OH is 1. The van der Waals surface area contributed by atoms with Gasteiger partial charge in [-0.15, -0.1) is 0 Å². The third-order valence-electron chi connectivity index (χ3n) is 3.52. The van der Waals surface area contributed by atoms with Crippen molar-refractivity contribution in [2.24, 2.45) is 5.92 Å². The molecule has 6 nitrogen and oxygen atoms in total. The second-order valence-corrected chi connectivity index (χ2v) is 9.23. The Labute approximate surface area is 125 Å². The van der Waals surface area contributed by atoms with Gasteiger partial charge in [0.1, 0.15) is 0 Å². The van der Waals surface area contributed by atoms with Crippen molar-refractivity contribution < 1.29 is 21.9 Å². The predicted molar refractivity (Wildman–Crippen MR) is 79.2 cm³/mol. The van der Waals surface area contributed by atoms with Gasteiger partial charge in [0, 0.05) is 13.2 Å². The topological polar surface area (TPSA) is 101 Å². The number of hydrogen-bond acceptors (Lipinski definition) is 5. The smallest absolute Gasteiger partial charge is 0.240 e. The van der Waals surface area contributed by atoms with E-state index in [1.54, 1.807) is 12.1 Å². The molecular weight excluding hydrogens is 314 g/mol. The minimum absolute atomic E-state index is 0.0144. The summed E-state index contributed by atoms with van der Waals surface area (Å²) in [5.74, 6) is 0.0265. The number of sulfone groups is 1. The summed E-state index contributed by atoms with van der Waals surface area (Å²) in [5, 5.41) is 8.82. The van der Waals surface area contributed by atoms with E-state index in [0.29, 0.717) is 12.8 Å². The van der Waals surface area contributed by atoms with Crippen LogP contribution in [-0.4, -0.2) is 46.6 Å². The highest BCUT2D eigenvalue weighted by Gasteiger charge is 2.28. The molecule has 0 aliphatic carbocycles. The normalized spacial score (nSPS) is 21.5. The SMILES string of the molecule is O=S1(=O)CCC(CNS(=O)(=O)c2ccc(CCO)cc2)C1. The lowest BCUT2D eigenvalue weighted by atomic mass is 10.1. The Hall–Kier alpha value is -0.960. The van der Waals surface area contributed by atoms with Crippen molar-refractivity contribution >= 4 is 19.9 Å². The average molecular weight is 333 g/mol. The lowest BCUT2D eigenvalue weighted by molar-refractivity contribution is 0.299. The molecule has 1 aromatic carbocycles. The molecule has 0 amide bonds. The molecule has 0 bridgehead atoms. The molecule has 8 heteroatoms. The van der Waals surface area contributed by atoms with E-state index in [1.165, 1.54) is 12.1 Å². The van der Waals surface area contributed by atoms with E-state index >= 15 is 0 Å². The van der Waals surface area contributed by atoms with E-state index in [4.69, 9.17) is 5.11 Å². The van der Waals surface area contributed by atoms with Gasteiger partial charge in [-0.2, -0.15) is 0 Å². The average Bonchev–Trinajstić information content (AvgIpc) is 2.77. The molecular formula is C13H19NO5S2.